The van der Waals surface area contributed by atoms with Gasteiger partial charge < -0.3 is 15.7 Å². The number of nitrogens with zero attached hydrogens (tertiary/aromatic N) is 1. The van der Waals surface area contributed by atoms with Crippen LogP contribution in [-0.4, -0.2) is 22.7 Å². The van der Waals surface area contributed by atoms with Crippen molar-refractivity contribution < 1.29 is 9.90 Å². The summed E-state index contributed by atoms with van der Waals surface area (Å²) in [6.07, 6.45) is 0.742. The van der Waals surface area contributed by atoms with Gasteiger partial charge in [-0.2, -0.15) is 0 Å². The first-order valence-electron chi connectivity index (χ1n) is 6.61. The fourth-order valence-corrected chi connectivity index (χ4v) is 2.34. The Labute approximate surface area is 138 Å². The molecule has 0 unspecified atom stereocenters. The Morgan fingerprint density at radius 2 is 2.05 bits per heavy atom. The van der Waals surface area contributed by atoms with Gasteiger partial charge in [0, 0.05) is 28.4 Å². The standard InChI is InChI=1S/C15H15Cl2N3O2/c16-10-4-5-12(13(17)7-10)14(21)9-20-15(22)19-8-11-3-1-2-6-18-11/h1-7,14,21H,8-9H2,(H2,19,20,22)/t14-/m0/s1. The number of aromatic nitrogens is 1. The van der Waals surface area contributed by atoms with Crippen LogP contribution >= 0.6 is 23.2 Å². The summed E-state index contributed by atoms with van der Waals surface area (Å²) in [5.41, 5.74) is 1.26. The normalized spacial score (nSPS) is 11.8. The van der Waals surface area contributed by atoms with E-state index < -0.39 is 12.1 Å². The summed E-state index contributed by atoms with van der Waals surface area (Å²) in [5, 5.41) is 16.1. The number of amides is 2. The minimum atomic E-state index is -0.912. The first-order valence-corrected chi connectivity index (χ1v) is 7.36. The Kier molecular flexibility index (Phi) is 6.00. The summed E-state index contributed by atoms with van der Waals surface area (Å²) in [6, 6.07) is 9.86. The Hall–Kier alpha value is -1.82. The maximum absolute atomic E-state index is 11.7. The molecule has 2 amide bonds. The van der Waals surface area contributed by atoms with Gasteiger partial charge in [0.15, 0.2) is 0 Å². The summed E-state index contributed by atoms with van der Waals surface area (Å²) < 4.78 is 0. The van der Waals surface area contributed by atoms with E-state index in [9.17, 15) is 9.90 Å². The van der Waals surface area contributed by atoms with Crippen molar-refractivity contribution in [3.63, 3.8) is 0 Å². The number of urea groups is 1. The van der Waals surface area contributed by atoms with E-state index in [1.165, 1.54) is 0 Å². The number of carbonyl (C=O) groups excluding carboxylic acids is 1. The first kappa shape index (κ1) is 16.5. The lowest BCUT2D eigenvalue weighted by Gasteiger charge is -2.14. The maximum Gasteiger partial charge on any atom is 0.315 e. The quantitative estimate of drug-likeness (QED) is 0.783. The molecular formula is C15H15Cl2N3O2. The number of hydrogen-bond donors (Lipinski definition) is 3. The van der Waals surface area contributed by atoms with Crippen molar-refractivity contribution in [3.05, 3.63) is 63.9 Å². The molecular weight excluding hydrogens is 325 g/mol. The molecule has 2 rings (SSSR count). The summed E-state index contributed by atoms with van der Waals surface area (Å²) in [5.74, 6) is 0. The molecule has 0 bridgehead atoms. The van der Waals surface area contributed by atoms with Gasteiger partial charge in [-0.25, -0.2) is 4.79 Å². The molecule has 0 fully saturated rings. The fraction of sp³-hybridized carbons (Fsp3) is 0.200. The lowest BCUT2D eigenvalue weighted by molar-refractivity contribution is 0.173. The summed E-state index contributed by atoms with van der Waals surface area (Å²) in [7, 11) is 0. The summed E-state index contributed by atoms with van der Waals surface area (Å²) in [6.45, 7) is 0.347. The second-order valence-electron chi connectivity index (χ2n) is 4.57. The molecule has 1 atom stereocenters. The van der Waals surface area contributed by atoms with E-state index >= 15 is 0 Å². The molecule has 0 radical (unpaired) electrons. The van der Waals surface area contributed by atoms with Crippen molar-refractivity contribution in [1.82, 2.24) is 15.6 Å². The number of halogens is 2. The van der Waals surface area contributed by atoms with E-state index in [1.54, 1.807) is 30.5 Å². The number of carbonyl (C=O) groups is 1. The van der Waals surface area contributed by atoms with Crippen LogP contribution in [0.3, 0.4) is 0 Å². The second-order valence-corrected chi connectivity index (χ2v) is 5.41. The average molecular weight is 340 g/mol. The molecule has 3 N–H and O–H groups in total. The number of benzene rings is 1. The third-order valence-corrected chi connectivity index (χ3v) is 3.50. The van der Waals surface area contributed by atoms with E-state index in [0.29, 0.717) is 22.2 Å². The van der Waals surface area contributed by atoms with Crippen LogP contribution in [0.25, 0.3) is 0 Å². The van der Waals surface area contributed by atoms with E-state index in [2.05, 4.69) is 15.6 Å². The Morgan fingerprint density at radius 3 is 2.73 bits per heavy atom. The third-order valence-electron chi connectivity index (χ3n) is 2.93. The zero-order chi connectivity index (χ0) is 15.9. The molecule has 0 spiro atoms. The predicted octanol–water partition coefficient (Wildman–Crippen LogP) is 2.92. The first-order chi connectivity index (χ1) is 10.6. The van der Waals surface area contributed by atoms with Gasteiger partial charge in [0.1, 0.15) is 0 Å². The highest BCUT2D eigenvalue weighted by Gasteiger charge is 2.13. The smallest absolute Gasteiger partial charge is 0.315 e. The lowest BCUT2D eigenvalue weighted by atomic mass is 10.1. The average Bonchev–Trinajstić information content (AvgIpc) is 2.51. The van der Waals surface area contributed by atoms with Crippen molar-refractivity contribution in [1.29, 1.82) is 0 Å². The van der Waals surface area contributed by atoms with Gasteiger partial charge >= 0.3 is 6.03 Å². The SMILES string of the molecule is O=C(NCc1ccccn1)NC[C@H](O)c1ccc(Cl)cc1Cl. The molecule has 0 saturated carbocycles. The fourth-order valence-electron chi connectivity index (χ4n) is 1.81. The van der Waals surface area contributed by atoms with Crippen LogP contribution in [0.2, 0.25) is 10.0 Å². The van der Waals surface area contributed by atoms with Crippen molar-refractivity contribution in [2.24, 2.45) is 0 Å². The largest absolute Gasteiger partial charge is 0.387 e. The number of aliphatic hydroxyl groups excluding tert-OH is 1. The number of hydrogen-bond acceptors (Lipinski definition) is 3. The predicted molar refractivity (Wildman–Crippen MR) is 85.9 cm³/mol. The van der Waals surface area contributed by atoms with E-state index in [-0.39, 0.29) is 6.54 Å². The number of rotatable bonds is 5. The lowest BCUT2D eigenvalue weighted by Crippen LogP contribution is -2.37. The highest BCUT2D eigenvalue weighted by atomic mass is 35.5. The van der Waals surface area contributed by atoms with Crippen LogP contribution in [0.1, 0.15) is 17.4 Å². The Morgan fingerprint density at radius 1 is 1.23 bits per heavy atom. The molecule has 116 valence electrons. The maximum atomic E-state index is 11.7. The van der Waals surface area contributed by atoms with Gasteiger partial charge in [-0.1, -0.05) is 35.3 Å². The van der Waals surface area contributed by atoms with E-state index in [0.717, 1.165) is 5.69 Å². The second kappa shape index (κ2) is 7.98. The van der Waals surface area contributed by atoms with Crippen molar-refractivity contribution in [3.8, 4) is 0 Å². The molecule has 1 heterocycles. The van der Waals surface area contributed by atoms with E-state index in [1.807, 2.05) is 12.1 Å². The van der Waals surface area contributed by atoms with Crippen LogP contribution in [0.4, 0.5) is 4.79 Å². The van der Waals surface area contributed by atoms with E-state index in [4.69, 9.17) is 23.2 Å². The number of aliphatic hydroxyl groups is 1. The van der Waals surface area contributed by atoms with Gasteiger partial charge in [-0.05, 0) is 24.3 Å². The minimum absolute atomic E-state index is 0.0371. The highest BCUT2D eigenvalue weighted by molar-refractivity contribution is 6.35. The van der Waals surface area contributed by atoms with Crippen LogP contribution in [-0.2, 0) is 6.54 Å². The van der Waals surface area contributed by atoms with Gasteiger partial charge in [-0.15, -0.1) is 0 Å². The van der Waals surface area contributed by atoms with Crippen LogP contribution in [0, 0.1) is 0 Å². The number of nitrogens with one attached hydrogen (secondary N) is 2. The monoisotopic (exact) mass is 339 g/mol. The molecule has 7 heteroatoms. The topological polar surface area (TPSA) is 74.2 Å². The summed E-state index contributed by atoms with van der Waals surface area (Å²) in [4.78, 5) is 15.8. The van der Waals surface area contributed by atoms with Crippen molar-refractivity contribution >= 4 is 29.2 Å². The molecule has 0 aliphatic carbocycles. The zero-order valence-electron chi connectivity index (χ0n) is 11.6. The molecule has 0 aliphatic heterocycles. The molecule has 1 aromatic heterocycles. The molecule has 1 aromatic carbocycles. The Bertz CT molecular complexity index is 638. The Balaban J connectivity index is 1.80. The third kappa shape index (κ3) is 4.87. The highest BCUT2D eigenvalue weighted by Crippen LogP contribution is 2.25. The molecule has 2 aromatic rings. The van der Waals surface area contributed by atoms with Gasteiger partial charge in [-0.3, -0.25) is 4.98 Å². The number of pyridine rings is 1. The molecule has 0 aliphatic rings. The van der Waals surface area contributed by atoms with Gasteiger partial charge in [0.05, 0.1) is 18.3 Å². The zero-order valence-corrected chi connectivity index (χ0v) is 13.1. The molecule has 22 heavy (non-hydrogen) atoms. The van der Waals surface area contributed by atoms with Crippen LogP contribution in [0.5, 0.6) is 0 Å². The minimum Gasteiger partial charge on any atom is -0.387 e. The molecule has 0 saturated heterocycles. The van der Waals surface area contributed by atoms with Gasteiger partial charge in [0.2, 0.25) is 0 Å². The van der Waals surface area contributed by atoms with Crippen molar-refractivity contribution in [2.45, 2.75) is 12.6 Å². The van der Waals surface area contributed by atoms with Crippen molar-refractivity contribution in [2.75, 3.05) is 6.54 Å². The molecule has 5 nitrogen and oxygen atoms in total. The van der Waals surface area contributed by atoms with Crippen LogP contribution in [0.15, 0.2) is 42.6 Å². The van der Waals surface area contributed by atoms with Gasteiger partial charge in [0.25, 0.3) is 0 Å². The summed E-state index contributed by atoms with van der Waals surface area (Å²) >= 11 is 11.8. The van der Waals surface area contributed by atoms with Crippen LogP contribution < -0.4 is 10.6 Å².